The molecule has 0 saturated carbocycles. The molecule has 0 saturated heterocycles. The maximum absolute atomic E-state index is 12.2. The lowest BCUT2D eigenvalue weighted by Crippen LogP contribution is -2.31. The number of pyridine rings is 1. The predicted octanol–water partition coefficient (Wildman–Crippen LogP) is 3.93. The number of esters is 2. The van der Waals surface area contributed by atoms with Crippen molar-refractivity contribution in [2.75, 3.05) is 13.7 Å². The van der Waals surface area contributed by atoms with Gasteiger partial charge in [-0.05, 0) is 57.0 Å². The first kappa shape index (κ1) is 21.9. The fourth-order valence-corrected chi connectivity index (χ4v) is 2.83. The zero-order valence-electron chi connectivity index (χ0n) is 16.8. The smallest absolute Gasteiger partial charge is 0.357 e. The summed E-state index contributed by atoms with van der Waals surface area (Å²) in [5.41, 5.74) is 2.62. The molecule has 2 aromatic rings. The van der Waals surface area contributed by atoms with Gasteiger partial charge in [0.1, 0.15) is 5.60 Å². The molecular formula is C21H25ClN2O4. The standard InChI is InChI=1S/C21H25ClN2O4/c1-13-6-9-16(19(24-13)20(26)27-5)17-10-15(22)8-7-14(17)11-23-12-18(25)28-21(2,3)4/h6-10,23H,11-12H2,1-5H3. The van der Waals surface area contributed by atoms with Crippen LogP contribution in [0.2, 0.25) is 5.02 Å². The molecule has 0 atom stereocenters. The van der Waals surface area contributed by atoms with Crippen molar-refractivity contribution in [3.05, 3.63) is 52.3 Å². The first-order valence-electron chi connectivity index (χ1n) is 8.88. The Labute approximate surface area is 170 Å². The molecule has 28 heavy (non-hydrogen) atoms. The lowest BCUT2D eigenvalue weighted by atomic mass is 9.97. The van der Waals surface area contributed by atoms with Crippen LogP contribution in [0.3, 0.4) is 0 Å². The molecule has 0 unspecified atom stereocenters. The molecule has 0 spiro atoms. The van der Waals surface area contributed by atoms with Crippen molar-refractivity contribution in [1.29, 1.82) is 0 Å². The molecule has 0 fully saturated rings. The molecule has 0 amide bonds. The Morgan fingerprint density at radius 1 is 1.14 bits per heavy atom. The van der Waals surface area contributed by atoms with Crippen molar-refractivity contribution in [1.82, 2.24) is 10.3 Å². The number of rotatable bonds is 6. The third-order valence-corrected chi connectivity index (χ3v) is 4.02. The summed E-state index contributed by atoms with van der Waals surface area (Å²) in [5.74, 6) is -0.860. The molecule has 6 nitrogen and oxygen atoms in total. The fraction of sp³-hybridized carbons (Fsp3) is 0.381. The van der Waals surface area contributed by atoms with Crippen LogP contribution >= 0.6 is 11.6 Å². The topological polar surface area (TPSA) is 77.5 Å². The van der Waals surface area contributed by atoms with Crippen molar-refractivity contribution in [3.63, 3.8) is 0 Å². The molecule has 0 aliphatic carbocycles. The fourth-order valence-electron chi connectivity index (χ4n) is 2.66. The van der Waals surface area contributed by atoms with Gasteiger partial charge in [-0.3, -0.25) is 4.79 Å². The summed E-state index contributed by atoms with van der Waals surface area (Å²) in [4.78, 5) is 28.4. The second kappa shape index (κ2) is 9.17. The maximum Gasteiger partial charge on any atom is 0.357 e. The van der Waals surface area contributed by atoms with Crippen molar-refractivity contribution >= 4 is 23.5 Å². The number of benzene rings is 1. The van der Waals surface area contributed by atoms with Gasteiger partial charge in [-0.25, -0.2) is 9.78 Å². The zero-order valence-corrected chi connectivity index (χ0v) is 17.5. The largest absolute Gasteiger partial charge is 0.464 e. The maximum atomic E-state index is 12.2. The Kier molecular flexibility index (Phi) is 7.16. The van der Waals surface area contributed by atoms with Crippen molar-refractivity contribution in [2.45, 2.75) is 39.8 Å². The lowest BCUT2D eigenvalue weighted by Gasteiger charge is -2.20. The van der Waals surface area contributed by atoms with Crippen molar-refractivity contribution in [3.8, 4) is 11.1 Å². The van der Waals surface area contributed by atoms with Gasteiger partial charge < -0.3 is 14.8 Å². The van der Waals surface area contributed by atoms with Gasteiger partial charge in [0.05, 0.1) is 13.7 Å². The van der Waals surface area contributed by atoms with Gasteiger partial charge in [-0.2, -0.15) is 0 Å². The molecular weight excluding hydrogens is 380 g/mol. The number of hydrogen-bond acceptors (Lipinski definition) is 6. The van der Waals surface area contributed by atoms with E-state index in [1.54, 1.807) is 19.1 Å². The minimum Gasteiger partial charge on any atom is -0.464 e. The van der Waals surface area contributed by atoms with E-state index in [-0.39, 0.29) is 18.2 Å². The van der Waals surface area contributed by atoms with Gasteiger partial charge in [0.15, 0.2) is 5.69 Å². The highest BCUT2D eigenvalue weighted by atomic mass is 35.5. The average molecular weight is 405 g/mol. The van der Waals surface area contributed by atoms with Crippen LogP contribution in [0.15, 0.2) is 30.3 Å². The Balaban J connectivity index is 2.29. The first-order valence-corrected chi connectivity index (χ1v) is 9.26. The van der Waals surface area contributed by atoms with E-state index in [0.29, 0.717) is 22.8 Å². The van der Waals surface area contributed by atoms with E-state index in [4.69, 9.17) is 21.1 Å². The van der Waals surface area contributed by atoms with E-state index in [1.807, 2.05) is 39.0 Å². The summed E-state index contributed by atoms with van der Waals surface area (Å²) in [7, 11) is 1.32. The SMILES string of the molecule is COC(=O)c1nc(C)ccc1-c1cc(Cl)ccc1CNCC(=O)OC(C)(C)C. The highest BCUT2D eigenvalue weighted by molar-refractivity contribution is 6.31. The molecule has 0 aliphatic rings. The van der Waals surface area contributed by atoms with Crippen LogP contribution in [0, 0.1) is 6.92 Å². The second-order valence-corrected chi connectivity index (χ2v) is 7.77. The molecule has 1 N–H and O–H groups in total. The third kappa shape index (κ3) is 6.04. The number of halogens is 1. The quantitative estimate of drug-likeness (QED) is 0.735. The Morgan fingerprint density at radius 3 is 2.50 bits per heavy atom. The van der Waals surface area contributed by atoms with Crippen LogP contribution in [-0.2, 0) is 20.8 Å². The van der Waals surface area contributed by atoms with Crippen LogP contribution in [0.25, 0.3) is 11.1 Å². The highest BCUT2D eigenvalue weighted by Gasteiger charge is 2.19. The summed E-state index contributed by atoms with van der Waals surface area (Å²) >= 11 is 6.19. The number of nitrogens with one attached hydrogen (secondary N) is 1. The molecule has 1 aromatic carbocycles. The monoisotopic (exact) mass is 404 g/mol. The van der Waals surface area contributed by atoms with Gasteiger partial charge in [-0.1, -0.05) is 23.7 Å². The van der Waals surface area contributed by atoms with Crippen LogP contribution in [0.4, 0.5) is 0 Å². The minimum absolute atomic E-state index is 0.0648. The minimum atomic E-state index is -0.535. The molecule has 1 heterocycles. The number of aromatic nitrogens is 1. The molecule has 0 radical (unpaired) electrons. The number of carbonyl (C=O) groups is 2. The highest BCUT2D eigenvalue weighted by Crippen LogP contribution is 2.30. The van der Waals surface area contributed by atoms with E-state index < -0.39 is 11.6 Å². The first-order chi connectivity index (χ1) is 13.1. The second-order valence-electron chi connectivity index (χ2n) is 7.33. The van der Waals surface area contributed by atoms with Crippen molar-refractivity contribution < 1.29 is 19.1 Å². The van der Waals surface area contributed by atoms with E-state index in [2.05, 4.69) is 10.3 Å². The predicted molar refractivity (Wildman–Crippen MR) is 108 cm³/mol. The van der Waals surface area contributed by atoms with Crippen LogP contribution in [0.5, 0.6) is 0 Å². The lowest BCUT2D eigenvalue weighted by molar-refractivity contribution is -0.153. The summed E-state index contributed by atoms with van der Waals surface area (Å²) in [6, 6.07) is 9.01. The van der Waals surface area contributed by atoms with E-state index in [0.717, 1.165) is 11.1 Å². The third-order valence-electron chi connectivity index (χ3n) is 3.78. The van der Waals surface area contributed by atoms with Gasteiger partial charge >= 0.3 is 11.9 Å². The Morgan fingerprint density at radius 2 is 1.86 bits per heavy atom. The van der Waals surface area contributed by atoms with Crippen LogP contribution in [0.1, 0.15) is 42.5 Å². The number of nitrogens with zero attached hydrogens (tertiary/aromatic N) is 1. The van der Waals surface area contributed by atoms with Gasteiger partial charge in [0.25, 0.3) is 0 Å². The molecule has 2 rings (SSSR count). The molecule has 150 valence electrons. The summed E-state index contributed by atoms with van der Waals surface area (Å²) in [6.07, 6.45) is 0. The van der Waals surface area contributed by atoms with Crippen molar-refractivity contribution in [2.24, 2.45) is 0 Å². The zero-order chi connectivity index (χ0) is 20.9. The van der Waals surface area contributed by atoms with Crippen LogP contribution in [-0.4, -0.2) is 36.2 Å². The summed E-state index contributed by atoms with van der Waals surface area (Å²) in [5, 5.41) is 3.60. The molecule has 0 aliphatic heterocycles. The number of aryl methyl sites for hydroxylation is 1. The van der Waals surface area contributed by atoms with Gasteiger partial charge in [0.2, 0.25) is 0 Å². The van der Waals surface area contributed by atoms with E-state index in [1.165, 1.54) is 7.11 Å². The van der Waals surface area contributed by atoms with Gasteiger partial charge in [-0.15, -0.1) is 0 Å². The van der Waals surface area contributed by atoms with Gasteiger partial charge in [0, 0.05) is 22.8 Å². The van der Waals surface area contributed by atoms with E-state index in [9.17, 15) is 9.59 Å². The number of carbonyl (C=O) groups excluding carboxylic acids is 2. The number of methoxy groups -OCH3 is 1. The Bertz CT molecular complexity index is 875. The normalized spacial score (nSPS) is 11.2. The van der Waals surface area contributed by atoms with Crippen LogP contribution < -0.4 is 5.32 Å². The molecule has 1 aromatic heterocycles. The van der Waals surface area contributed by atoms with E-state index >= 15 is 0 Å². The molecule has 0 bridgehead atoms. The number of ether oxygens (including phenoxy) is 2. The average Bonchev–Trinajstić information content (AvgIpc) is 2.60. The summed E-state index contributed by atoms with van der Waals surface area (Å²) < 4.78 is 10.2. The summed E-state index contributed by atoms with van der Waals surface area (Å²) in [6.45, 7) is 7.72. The molecule has 7 heteroatoms. The Hall–Kier alpha value is -2.44. The number of hydrogen-bond donors (Lipinski definition) is 1.